The number of benzene rings is 2. The molecule has 0 atom stereocenters. The van der Waals surface area contributed by atoms with E-state index in [0.717, 1.165) is 17.5 Å². The van der Waals surface area contributed by atoms with Gasteiger partial charge in [-0.15, -0.1) is 0 Å². The summed E-state index contributed by atoms with van der Waals surface area (Å²) in [6, 6.07) is 13.2. The number of hydrogen-bond acceptors (Lipinski definition) is 0. The molecule has 0 aromatic heterocycles. The van der Waals surface area contributed by atoms with Crippen LogP contribution in [-0.2, 0) is 0 Å². The van der Waals surface area contributed by atoms with Crippen molar-refractivity contribution in [1.82, 2.24) is 0 Å². The molecule has 0 heterocycles. The van der Waals surface area contributed by atoms with E-state index in [0.29, 0.717) is 0 Å². The molecule has 2 aromatic carbocycles. The monoisotopic (exact) mass is 274 g/mol. The molecule has 0 radical (unpaired) electrons. The molecule has 0 N–H and O–H groups in total. The summed E-state index contributed by atoms with van der Waals surface area (Å²) < 4.78 is 26.2. The largest absolute Gasteiger partial charge is 0.207 e. The van der Waals surface area contributed by atoms with Crippen LogP contribution in [0.5, 0.6) is 0 Å². The summed E-state index contributed by atoms with van der Waals surface area (Å²) in [4.78, 5) is 0. The van der Waals surface area contributed by atoms with E-state index < -0.39 is 0 Å². The maximum Gasteiger partial charge on any atom is 0.123 e. The van der Waals surface area contributed by atoms with Gasteiger partial charge in [-0.2, -0.15) is 0 Å². The van der Waals surface area contributed by atoms with Crippen LogP contribution in [-0.4, -0.2) is 0 Å². The van der Waals surface area contributed by atoms with Crippen LogP contribution in [0, 0.1) is 17.0 Å². The Morgan fingerprint density at radius 2 is 1.10 bits per heavy atom. The smallest absolute Gasteiger partial charge is 0.123 e. The summed E-state index contributed by atoms with van der Waals surface area (Å²) in [5, 5.41) is 0. The Morgan fingerprint density at radius 1 is 0.750 bits per heavy atom. The minimum atomic E-state index is -0.234. The fourth-order valence-corrected chi connectivity index (χ4v) is 2.43. The van der Waals surface area contributed by atoms with Gasteiger partial charge in [-0.3, -0.25) is 0 Å². The Labute approximate surface area is 119 Å². The SMILES string of the molecule is CC(C)(C)CC(c1ccc(F)cc1)c1ccc(F)cc1. The van der Waals surface area contributed by atoms with E-state index in [-0.39, 0.29) is 23.0 Å². The third-order valence-corrected chi connectivity index (χ3v) is 3.36. The maximum atomic E-state index is 13.1. The summed E-state index contributed by atoms with van der Waals surface area (Å²) in [6.07, 6.45) is 0.921. The van der Waals surface area contributed by atoms with Crippen LogP contribution >= 0.6 is 0 Å². The second-order valence-electron chi connectivity index (χ2n) is 6.42. The molecule has 0 aliphatic heterocycles. The van der Waals surface area contributed by atoms with Gasteiger partial charge in [0.25, 0.3) is 0 Å². The molecule has 0 amide bonds. The van der Waals surface area contributed by atoms with Crippen LogP contribution in [0.25, 0.3) is 0 Å². The highest BCUT2D eigenvalue weighted by Crippen LogP contribution is 2.36. The van der Waals surface area contributed by atoms with Crippen LogP contribution in [0.1, 0.15) is 44.2 Å². The zero-order valence-corrected chi connectivity index (χ0v) is 12.2. The van der Waals surface area contributed by atoms with Crippen LogP contribution in [0.15, 0.2) is 48.5 Å². The molecule has 2 rings (SSSR count). The quantitative estimate of drug-likeness (QED) is 0.690. The number of rotatable bonds is 3. The fourth-order valence-electron chi connectivity index (χ4n) is 2.43. The molecule has 2 aromatic rings. The topological polar surface area (TPSA) is 0 Å². The average Bonchev–Trinajstić information content (AvgIpc) is 2.37. The Morgan fingerprint density at radius 3 is 1.40 bits per heavy atom. The lowest BCUT2D eigenvalue weighted by atomic mass is 9.78. The summed E-state index contributed by atoms with van der Waals surface area (Å²) in [5.41, 5.74) is 2.26. The molecule has 0 fully saturated rings. The fraction of sp³-hybridized carbons (Fsp3) is 0.333. The van der Waals surface area contributed by atoms with E-state index in [9.17, 15) is 8.78 Å². The molecule has 0 bridgehead atoms. The van der Waals surface area contributed by atoms with E-state index in [1.54, 1.807) is 0 Å². The molecule has 0 nitrogen and oxygen atoms in total. The summed E-state index contributed by atoms with van der Waals surface area (Å²) in [6.45, 7) is 6.52. The van der Waals surface area contributed by atoms with Crippen molar-refractivity contribution in [2.45, 2.75) is 33.1 Å². The molecular weight excluding hydrogens is 254 g/mol. The lowest BCUT2D eigenvalue weighted by Gasteiger charge is -2.27. The molecule has 0 saturated heterocycles. The Bertz CT molecular complexity index is 502. The van der Waals surface area contributed by atoms with Crippen molar-refractivity contribution in [1.29, 1.82) is 0 Å². The first-order chi connectivity index (χ1) is 9.35. The molecule has 106 valence electrons. The average molecular weight is 274 g/mol. The Balaban J connectivity index is 2.38. The van der Waals surface area contributed by atoms with Crippen molar-refractivity contribution >= 4 is 0 Å². The molecule has 20 heavy (non-hydrogen) atoms. The first-order valence-electron chi connectivity index (χ1n) is 6.86. The van der Waals surface area contributed by atoms with Crippen molar-refractivity contribution in [3.05, 3.63) is 71.3 Å². The van der Waals surface area contributed by atoms with E-state index >= 15 is 0 Å². The van der Waals surface area contributed by atoms with Crippen LogP contribution in [0.3, 0.4) is 0 Å². The van der Waals surface area contributed by atoms with E-state index in [2.05, 4.69) is 20.8 Å². The normalized spacial score (nSPS) is 11.9. The van der Waals surface area contributed by atoms with Gasteiger partial charge in [-0.05, 0) is 47.2 Å². The van der Waals surface area contributed by atoms with Gasteiger partial charge in [-0.1, -0.05) is 45.0 Å². The van der Waals surface area contributed by atoms with Gasteiger partial charge in [0, 0.05) is 5.92 Å². The summed E-state index contributed by atoms with van der Waals surface area (Å²) in [5.74, 6) is -0.319. The van der Waals surface area contributed by atoms with Gasteiger partial charge in [0.15, 0.2) is 0 Å². The Kier molecular flexibility index (Phi) is 4.22. The third-order valence-electron chi connectivity index (χ3n) is 3.36. The minimum Gasteiger partial charge on any atom is -0.207 e. The van der Waals surface area contributed by atoms with Crippen molar-refractivity contribution < 1.29 is 8.78 Å². The minimum absolute atomic E-state index is 0.132. The van der Waals surface area contributed by atoms with Crippen molar-refractivity contribution in [2.75, 3.05) is 0 Å². The van der Waals surface area contributed by atoms with E-state index in [1.807, 2.05) is 24.3 Å². The Hall–Kier alpha value is -1.70. The summed E-state index contributed by atoms with van der Waals surface area (Å²) in [7, 11) is 0. The van der Waals surface area contributed by atoms with E-state index in [1.165, 1.54) is 24.3 Å². The van der Waals surface area contributed by atoms with E-state index in [4.69, 9.17) is 0 Å². The maximum absolute atomic E-state index is 13.1. The molecule has 0 saturated carbocycles. The molecule has 0 spiro atoms. The molecule has 0 unspecified atom stereocenters. The van der Waals surface area contributed by atoms with Gasteiger partial charge in [0.05, 0.1) is 0 Å². The van der Waals surface area contributed by atoms with Crippen LogP contribution in [0.2, 0.25) is 0 Å². The van der Waals surface area contributed by atoms with Crippen molar-refractivity contribution in [3.8, 4) is 0 Å². The van der Waals surface area contributed by atoms with Gasteiger partial charge in [-0.25, -0.2) is 8.78 Å². The number of halogens is 2. The molecule has 0 aliphatic rings. The molecule has 0 aliphatic carbocycles. The van der Waals surface area contributed by atoms with Crippen molar-refractivity contribution in [2.24, 2.45) is 5.41 Å². The lowest BCUT2D eigenvalue weighted by Crippen LogP contribution is -2.13. The second-order valence-corrected chi connectivity index (χ2v) is 6.42. The summed E-state index contributed by atoms with van der Waals surface area (Å²) >= 11 is 0. The zero-order chi connectivity index (χ0) is 14.8. The van der Waals surface area contributed by atoms with Crippen molar-refractivity contribution in [3.63, 3.8) is 0 Å². The third kappa shape index (κ3) is 3.89. The van der Waals surface area contributed by atoms with Gasteiger partial charge < -0.3 is 0 Å². The van der Waals surface area contributed by atoms with Gasteiger partial charge >= 0.3 is 0 Å². The second kappa shape index (κ2) is 5.74. The number of hydrogen-bond donors (Lipinski definition) is 0. The highest BCUT2D eigenvalue weighted by molar-refractivity contribution is 5.33. The highest BCUT2D eigenvalue weighted by atomic mass is 19.1. The predicted octanol–water partition coefficient (Wildman–Crippen LogP) is 5.53. The standard InChI is InChI=1S/C18H20F2/c1-18(2,3)12-17(13-4-8-15(19)9-5-13)14-6-10-16(20)11-7-14/h4-11,17H,12H2,1-3H3. The zero-order valence-electron chi connectivity index (χ0n) is 12.2. The molecule has 2 heteroatoms. The van der Waals surface area contributed by atoms with Gasteiger partial charge in [0.1, 0.15) is 11.6 Å². The van der Waals surface area contributed by atoms with Gasteiger partial charge in [0.2, 0.25) is 0 Å². The first-order valence-corrected chi connectivity index (χ1v) is 6.86. The van der Waals surface area contributed by atoms with Crippen LogP contribution < -0.4 is 0 Å². The predicted molar refractivity (Wildman–Crippen MR) is 78.7 cm³/mol. The molecular formula is C18H20F2. The lowest BCUT2D eigenvalue weighted by molar-refractivity contribution is 0.357. The van der Waals surface area contributed by atoms with Crippen LogP contribution in [0.4, 0.5) is 8.78 Å². The highest BCUT2D eigenvalue weighted by Gasteiger charge is 2.22. The first kappa shape index (κ1) is 14.7.